The van der Waals surface area contributed by atoms with Gasteiger partial charge in [0.1, 0.15) is 23.6 Å². The molecule has 1 N–H and O–H groups in total. The molecule has 0 saturated carbocycles. The van der Waals surface area contributed by atoms with E-state index in [9.17, 15) is 5.11 Å². The summed E-state index contributed by atoms with van der Waals surface area (Å²) in [5.41, 5.74) is 0.970. The Bertz CT molecular complexity index is 871. The second-order valence-corrected chi connectivity index (χ2v) is 6.46. The third kappa shape index (κ3) is 2.56. The molecule has 0 radical (unpaired) electrons. The standard InChI is InChI=1S/C21H20O3/c1-21(22,17-6-4-3-5-7-17)20-19(24-20)16-9-8-15-13-18(23-2)11-10-14(15)12-16/h3-13,19-20,22H,1-2H3/t19-,20-,21+/m1/s1. The van der Waals surface area contributed by atoms with Crippen LogP contribution in [0.4, 0.5) is 0 Å². The summed E-state index contributed by atoms with van der Waals surface area (Å²) >= 11 is 0. The van der Waals surface area contributed by atoms with Crippen molar-refractivity contribution in [3.63, 3.8) is 0 Å². The average molecular weight is 320 g/mol. The lowest BCUT2D eigenvalue weighted by Crippen LogP contribution is -2.28. The lowest BCUT2D eigenvalue weighted by Gasteiger charge is -2.21. The number of fused-ring (bicyclic) bond motifs is 1. The fraction of sp³-hybridized carbons (Fsp3) is 0.238. The lowest BCUT2D eigenvalue weighted by atomic mass is 9.89. The van der Waals surface area contributed by atoms with Crippen molar-refractivity contribution in [3.8, 4) is 5.75 Å². The SMILES string of the molecule is COc1ccc2cc([C@H]3O[C@H]3[C@@](C)(O)c3ccccc3)ccc2c1. The van der Waals surface area contributed by atoms with Gasteiger partial charge in [-0.2, -0.15) is 0 Å². The van der Waals surface area contributed by atoms with Crippen LogP contribution in [0.3, 0.4) is 0 Å². The van der Waals surface area contributed by atoms with Crippen LogP contribution in [-0.4, -0.2) is 18.3 Å². The number of hydrogen-bond donors (Lipinski definition) is 1. The molecule has 0 amide bonds. The maximum atomic E-state index is 10.9. The molecule has 24 heavy (non-hydrogen) atoms. The lowest BCUT2D eigenvalue weighted by molar-refractivity contribution is 0.0259. The van der Waals surface area contributed by atoms with E-state index in [4.69, 9.17) is 9.47 Å². The van der Waals surface area contributed by atoms with Gasteiger partial charge in [-0.25, -0.2) is 0 Å². The summed E-state index contributed by atoms with van der Waals surface area (Å²) in [7, 11) is 1.67. The molecule has 1 fully saturated rings. The third-order valence-electron chi connectivity index (χ3n) is 4.80. The monoisotopic (exact) mass is 320 g/mol. The number of epoxide rings is 1. The zero-order valence-electron chi connectivity index (χ0n) is 13.8. The van der Waals surface area contributed by atoms with Crippen molar-refractivity contribution in [2.45, 2.75) is 24.7 Å². The van der Waals surface area contributed by atoms with E-state index in [-0.39, 0.29) is 12.2 Å². The molecule has 0 bridgehead atoms. The Balaban J connectivity index is 1.61. The fourth-order valence-corrected chi connectivity index (χ4v) is 3.28. The highest BCUT2D eigenvalue weighted by Crippen LogP contribution is 2.49. The van der Waals surface area contributed by atoms with Gasteiger partial charge < -0.3 is 14.6 Å². The van der Waals surface area contributed by atoms with Gasteiger partial charge in [0, 0.05) is 0 Å². The number of aliphatic hydroxyl groups is 1. The van der Waals surface area contributed by atoms with Crippen molar-refractivity contribution in [2.24, 2.45) is 0 Å². The first kappa shape index (κ1) is 15.2. The fourth-order valence-electron chi connectivity index (χ4n) is 3.28. The summed E-state index contributed by atoms with van der Waals surface area (Å²) in [5, 5.41) is 13.2. The van der Waals surface area contributed by atoms with E-state index in [0.29, 0.717) is 0 Å². The largest absolute Gasteiger partial charge is 0.497 e. The molecular formula is C21H20O3. The molecule has 1 aliphatic heterocycles. The van der Waals surface area contributed by atoms with Gasteiger partial charge in [-0.1, -0.05) is 48.5 Å². The van der Waals surface area contributed by atoms with Crippen molar-refractivity contribution in [1.29, 1.82) is 0 Å². The van der Waals surface area contributed by atoms with Gasteiger partial charge in [-0.15, -0.1) is 0 Å². The van der Waals surface area contributed by atoms with E-state index in [0.717, 1.165) is 27.6 Å². The molecule has 1 saturated heterocycles. The van der Waals surface area contributed by atoms with Gasteiger partial charge in [-0.05, 0) is 47.0 Å². The summed E-state index contributed by atoms with van der Waals surface area (Å²) in [4.78, 5) is 0. The second-order valence-electron chi connectivity index (χ2n) is 6.46. The minimum absolute atomic E-state index is 0.0771. The Kier molecular flexibility index (Phi) is 3.56. The maximum absolute atomic E-state index is 10.9. The Morgan fingerprint density at radius 1 is 0.958 bits per heavy atom. The highest BCUT2D eigenvalue weighted by atomic mass is 16.6. The van der Waals surface area contributed by atoms with Crippen LogP contribution in [0.2, 0.25) is 0 Å². The summed E-state index contributed by atoms with van der Waals surface area (Å²) in [6.45, 7) is 1.82. The van der Waals surface area contributed by atoms with Crippen LogP contribution in [0.25, 0.3) is 10.8 Å². The molecule has 3 atom stereocenters. The number of benzene rings is 3. The molecule has 0 aliphatic carbocycles. The molecule has 3 nitrogen and oxygen atoms in total. The molecular weight excluding hydrogens is 300 g/mol. The molecule has 3 heteroatoms. The van der Waals surface area contributed by atoms with E-state index < -0.39 is 5.60 Å². The Hall–Kier alpha value is -2.36. The predicted molar refractivity (Wildman–Crippen MR) is 94.1 cm³/mol. The zero-order valence-corrected chi connectivity index (χ0v) is 13.8. The van der Waals surface area contributed by atoms with Crippen LogP contribution in [0.15, 0.2) is 66.7 Å². The number of methoxy groups -OCH3 is 1. The summed E-state index contributed by atoms with van der Waals surface area (Å²) in [6.07, 6.45) is -0.303. The summed E-state index contributed by atoms with van der Waals surface area (Å²) in [6, 6.07) is 22.0. The van der Waals surface area contributed by atoms with E-state index in [2.05, 4.69) is 18.2 Å². The van der Waals surface area contributed by atoms with E-state index in [1.165, 1.54) is 0 Å². The van der Waals surface area contributed by atoms with Gasteiger partial charge in [0.2, 0.25) is 0 Å². The van der Waals surface area contributed by atoms with E-state index >= 15 is 0 Å². The van der Waals surface area contributed by atoms with Crippen LogP contribution < -0.4 is 4.74 Å². The quantitative estimate of drug-likeness (QED) is 0.733. The first-order valence-electron chi connectivity index (χ1n) is 8.10. The van der Waals surface area contributed by atoms with Crippen molar-refractivity contribution >= 4 is 10.8 Å². The Morgan fingerprint density at radius 2 is 1.67 bits per heavy atom. The van der Waals surface area contributed by atoms with Crippen LogP contribution in [0.5, 0.6) is 5.75 Å². The van der Waals surface area contributed by atoms with E-state index in [1.54, 1.807) is 7.11 Å². The first-order chi connectivity index (χ1) is 11.6. The highest BCUT2D eigenvalue weighted by molar-refractivity contribution is 5.84. The van der Waals surface area contributed by atoms with Gasteiger partial charge in [-0.3, -0.25) is 0 Å². The molecule has 0 aromatic heterocycles. The predicted octanol–water partition coefficient (Wildman–Crippen LogP) is 4.20. The molecule has 122 valence electrons. The van der Waals surface area contributed by atoms with Gasteiger partial charge in [0.15, 0.2) is 0 Å². The summed E-state index contributed by atoms with van der Waals surface area (Å²) in [5.74, 6) is 0.850. The first-order valence-corrected chi connectivity index (χ1v) is 8.10. The van der Waals surface area contributed by atoms with Gasteiger partial charge >= 0.3 is 0 Å². The second kappa shape index (κ2) is 5.62. The number of ether oxygens (including phenoxy) is 2. The Morgan fingerprint density at radius 3 is 2.42 bits per heavy atom. The smallest absolute Gasteiger partial charge is 0.121 e. The number of rotatable bonds is 4. The summed E-state index contributed by atoms with van der Waals surface area (Å²) < 4.78 is 11.1. The molecule has 1 aliphatic rings. The molecule has 3 aromatic rings. The van der Waals surface area contributed by atoms with E-state index in [1.807, 2.05) is 55.5 Å². The molecule has 3 aromatic carbocycles. The normalized spacial score (nSPS) is 22.1. The van der Waals surface area contributed by atoms with Crippen LogP contribution >= 0.6 is 0 Å². The Labute approximate surface area is 141 Å². The van der Waals surface area contributed by atoms with Crippen LogP contribution in [0, 0.1) is 0 Å². The molecule has 4 rings (SSSR count). The zero-order chi connectivity index (χ0) is 16.7. The highest BCUT2D eigenvalue weighted by Gasteiger charge is 2.52. The van der Waals surface area contributed by atoms with Crippen LogP contribution in [-0.2, 0) is 10.3 Å². The van der Waals surface area contributed by atoms with Crippen LogP contribution in [0.1, 0.15) is 24.2 Å². The number of hydrogen-bond acceptors (Lipinski definition) is 3. The molecule has 1 heterocycles. The van der Waals surface area contributed by atoms with Gasteiger partial charge in [0.25, 0.3) is 0 Å². The van der Waals surface area contributed by atoms with Crippen molar-refractivity contribution < 1.29 is 14.6 Å². The minimum atomic E-state index is -0.999. The maximum Gasteiger partial charge on any atom is 0.121 e. The van der Waals surface area contributed by atoms with Crippen molar-refractivity contribution in [3.05, 3.63) is 77.9 Å². The van der Waals surface area contributed by atoms with Gasteiger partial charge in [0.05, 0.1) is 7.11 Å². The molecule has 0 spiro atoms. The average Bonchev–Trinajstić information content (AvgIpc) is 3.43. The topological polar surface area (TPSA) is 42.0 Å². The third-order valence-corrected chi connectivity index (χ3v) is 4.80. The van der Waals surface area contributed by atoms with Crippen molar-refractivity contribution in [1.82, 2.24) is 0 Å². The minimum Gasteiger partial charge on any atom is -0.497 e. The van der Waals surface area contributed by atoms with Crippen molar-refractivity contribution in [2.75, 3.05) is 7.11 Å². The molecule has 0 unspecified atom stereocenters.